The Morgan fingerprint density at radius 1 is 1.12 bits per heavy atom. The smallest absolute Gasteiger partial charge is 0.243 e. The largest absolute Gasteiger partial charge is 0.352 e. The number of rotatable bonds is 11. The standard InChI is InChI=1S/C27H34ClFN2O2S/c1-2-25(27(33)30-21-12-7-4-8-13-21)31(17-16-20-10-5-3-6-11-20)26(32)19-34-18-22-23(28)14-9-15-24(22)29/h3,5-6,9-11,14-15,21,25H,2,4,7-8,12-13,16-19H2,1H3,(H,30,33)/t25-/m0/s1. The van der Waals surface area contributed by atoms with Crippen molar-refractivity contribution in [3.63, 3.8) is 0 Å². The third kappa shape index (κ3) is 7.74. The topological polar surface area (TPSA) is 49.4 Å². The molecule has 1 N–H and O–H groups in total. The number of amides is 2. The van der Waals surface area contributed by atoms with Gasteiger partial charge in [-0.3, -0.25) is 9.59 Å². The normalized spacial score (nSPS) is 15.0. The first kappa shape index (κ1) is 26.6. The lowest BCUT2D eigenvalue weighted by atomic mass is 9.95. The molecule has 0 heterocycles. The molecule has 1 saturated carbocycles. The van der Waals surface area contributed by atoms with Crippen molar-refractivity contribution in [2.45, 2.75) is 69.7 Å². The zero-order valence-corrected chi connectivity index (χ0v) is 21.3. The summed E-state index contributed by atoms with van der Waals surface area (Å²) in [5.41, 5.74) is 1.52. The summed E-state index contributed by atoms with van der Waals surface area (Å²) in [7, 11) is 0. The molecule has 184 valence electrons. The summed E-state index contributed by atoms with van der Waals surface area (Å²) in [6.45, 7) is 2.40. The summed E-state index contributed by atoms with van der Waals surface area (Å²) in [6.07, 6.45) is 6.70. The molecule has 0 bridgehead atoms. The minimum absolute atomic E-state index is 0.0713. The van der Waals surface area contributed by atoms with E-state index in [9.17, 15) is 14.0 Å². The number of halogens is 2. The molecule has 0 aromatic heterocycles. The van der Waals surface area contributed by atoms with Crippen LogP contribution in [0.25, 0.3) is 0 Å². The number of benzene rings is 2. The van der Waals surface area contributed by atoms with Gasteiger partial charge in [0.25, 0.3) is 0 Å². The van der Waals surface area contributed by atoms with Crippen LogP contribution in [-0.2, 0) is 21.8 Å². The average Bonchev–Trinajstić information content (AvgIpc) is 2.84. The van der Waals surface area contributed by atoms with Gasteiger partial charge < -0.3 is 10.2 Å². The molecule has 34 heavy (non-hydrogen) atoms. The van der Waals surface area contributed by atoms with Crippen LogP contribution in [0.5, 0.6) is 0 Å². The lowest BCUT2D eigenvalue weighted by molar-refractivity contribution is -0.139. The highest BCUT2D eigenvalue weighted by Crippen LogP contribution is 2.24. The molecule has 3 rings (SSSR count). The highest BCUT2D eigenvalue weighted by Gasteiger charge is 2.30. The Kier molecular flexibility index (Phi) is 10.7. The van der Waals surface area contributed by atoms with Crippen molar-refractivity contribution in [3.05, 3.63) is 70.5 Å². The van der Waals surface area contributed by atoms with E-state index in [1.165, 1.54) is 24.2 Å². The molecule has 0 radical (unpaired) electrons. The average molecular weight is 505 g/mol. The number of carbonyl (C=O) groups excluding carboxylic acids is 2. The molecule has 7 heteroatoms. The SMILES string of the molecule is CC[C@@H](C(=O)NC1CCCCC1)N(CCc1ccccc1)C(=O)CSCc1c(F)cccc1Cl. The first-order chi connectivity index (χ1) is 16.5. The van der Waals surface area contributed by atoms with Gasteiger partial charge in [0.15, 0.2) is 0 Å². The van der Waals surface area contributed by atoms with Gasteiger partial charge in [0, 0.05) is 28.9 Å². The Balaban J connectivity index is 1.67. The van der Waals surface area contributed by atoms with E-state index >= 15 is 0 Å². The second-order valence-electron chi connectivity index (χ2n) is 8.78. The maximum atomic E-state index is 14.1. The van der Waals surface area contributed by atoms with E-state index in [4.69, 9.17) is 11.6 Å². The molecule has 4 nitrogen and oxygen atoms in total. The Hall–Kier alpha value is -2.05. The second-order valence-corrected chi connectivity index (χ2v) is 10.2. The summed E-state index contributed by atoms with van der Waals surface area (Å²) in [5, 5.41) is 3.55. The van der Waals surface area contributed by atoms with E-state index in [2.05, 4.69) is 5.32 Å². The van der Waals surface area contributed by atoms with Crippen LogP contribution < -0.4 is 5.32 Å². The fourth-order valence-electron chi connectivity index (χ4n) is 4.43. The first-order valence-electron chi connectivity index (χ1n) is 12.1. The minimum atomic E-state index is -0.518. The van der Waals surface area contributed by atoms with Gasteiger partial charge in [0.2, 0.25) is 11.8 Å². The predicted molar refractivity (Wildman–Crippen MR) is 139 cm³/mol. The van der Waals surface area contributed by atoms with Crippen molar-refractivity contribution in [2.24, 2.45) is 0 Å². The summed E-state index contributed by atoms with van der Waals surface area (Å²) in [4.78, 5) is 28.2. The van der Waals surface area contributed by atoms with E-state index in [0.29, 0.717) is 35.7 Å². The van der Waals surface area contributed by atoms with Crippen LogP contribution in [0.1, 0.15) is 56.6 Å². The van der Waals surface area contributed by atoms with Crippen molar-refractivity contribution in [2.75, 3.05) is 12.3 Å². The number of thioether (sulfide) groups is 1. The van der Waals surface area contributed by atoms with E-state index < -0.39 is 6.04 Å². The van der Waals surface area contributed by atoms with Gasteiger partial charge in [-0.1, -0.05) is 74.2 Å². The lowest BCUT2D eigenvalue weighted by Gasteiger charge is -2.32. The Labute approximate surface area is 211 Å². The van der Waals surface area contributed by atoms with Crippen LogP contribution in [0, 0.1) is 5.82 Å². The molecule has 1 aliphatic rings. The number of hydrogen-bond acceptors (Lipinski definition) is 3. The number of hydrogen-bond donors (Lipinski definition) is 1. The molecule has 0 aliphatic heterocycles. The maximum Gasteiger partial charge on any atom is 0.243 e. The van der Waals surface area contributed by atoms with Crippen LogP contribution >= 0.6 is 23.4 Å². The van der Waals surface area contributed by atoms with Crippen molar-refractivity contribution in [3.8, 4) is 0 Å². The molecule has 2 aromatic carbocycles. The Bertz CT molecular complexity index is 917. The van der Waals surface area contributed by atoms with E-state index in [1.54, 1.807) is 17.0 Å². The fourth-order valence-corrected chi connectivity index (χ4v) is 5.68. The van der Waals surface area contributed by atoms with Gasteiger partial charge in [-0.05, 0) is 43.4 Å². The first-order valence-corrected chi connectivity index (χ1v) is 13.7. The van der Waals surface area contributed by atoms with Crippen molar-refractivity contribution >= 4 is 35.2 Å². The van der Waals surface area contributed by atoms with E-state index in [1.807, 2.05) is 37.3 Å². The summed E-state index contributed by atoms with van der Waals surface area (Å²) < 4.78 is 14.1. The third-order valence-electron chi connectivity index (χ3n) is 6.36. The summed E-state index contributed by atoms with van der Waals surface area (Å²) in [5.74, 6) is -0.0923. The Morgan fingerprint density at radius 3 is 2.53 bits per heavy atom. The van der Waals surface area contributed by atoms with Crippen LogP contribution in [0.4, 0.5) is 4.39 Å². The molecule has 1 aliphatic carbocycles. The number of nitrogens with one attached hydrogen (secondary N) is 1. The van der Waals surface area contributed by atoms with Crippen LogP contribution in [0.15, 0.2) is 48.5 Å². The van der Waals surface area contributed by atoms with Crippen LogP contribution in [-0.4, -0.2) is 41.1 Å². The molecule has 2 amide bonds. The molecule has 2 aromatic rings. The molecule has 1 fully saturated rings. The van der Waals surface area contributed by atoms with Crippen molar-refractivity contribution < 1.29 is 14.0 Å². The zero-order valence-electron chi connectivity index (χ0n) is 19.8. The Morgan fingerprint density at radius 2 is 1.85 bits per heavy atom. The number of nitrogens with zero attached hydrogens (tertiary/aromatic N) is 1. The minimum Gasteiger partial charge on any atom is -0.352 e. The van der Waals surface area contributed by atoms with E-state index in [0.717, 1.165) is 31.2 Å². The molecular formula is C27H34ClFN2O2S. The summed E-state index contributed by atoms with van der Waals surface area (Å²) in [6, 6.07) is 14.2. The molecule has 1 atom stereocenters. The predicted octanol–water partition coefficient (Wildman–Crippen LogP) is 6.01. The molecule has 0 unspecified atom stereocenters. The second kappa shape index (κ2) is 13.7. The van der Waals surface area contributed by atoms with Gasteiger partial charge in [-0.2, -0.15) is 0 Å². The third-order valence-corrected chi connectivity index (χ3v) is 7.65. The van der Waals surface area contributed by atoms with Gasteiger partial charge >= 0.3 is 0 Å². The van der Waals surface area contributed by atoms with Gasteiger partial charge in [-0.25, -0.2) is 4.39 Å². The summed E-state index contributed by atoms with van der Waals surface area (Å²) >= 11 is 7.45. The lowest BCUT2D eigenvalue weighted by Crippen LogP contribution is -2.52. The zero-order chi connectivity index (χ0) is 24.3. The number of carbonyl (C=O) groups is 2. The van der Waals surface area contributed by atoms with Gasteiger partial charge in [0.1, 0.15) is 11.9 Å². The quantitative estimate of drug-likeness (QED) is 0.407. The van der Waals surface area contributed by atoms with E-state index in [-0.39, 0.29) is 29.4 Å². The molecule has 0 spiro atoms. The van der Waals surface area contributed by atoms with Gasteiger partial charge in [-0.15, -0.1) is 11.8 Å². The highest BCUT2D eigenvalue weighted by molar-refractivity contribution is 7.99. The molecule has 0 saturated heterocycles. The fraction of sp³-hybridized carbons (Fsp3) is 0.481. The maximum absolute atomic E-state index is 14.1. The monoisotopic (exact) mass is 504 g/mol. The van der Waals surface area contributed by atoms with Gasteiger partial charge in [0.05, 0.1) is 5.75 Å². The van der Waals surface area contributed by atoms with Crippen LogP contribution in [0.3, 0.4) is 0 Å². The molecular weight excluding hydrogens is 471 g/mol. The highest BCUT2D eigenvalue weighted by atomic mass is 35.5. The van der Waals surface area contributed by atoms with Crippen molar-refractivity contribution in [1.82, 2.24) is 10.2 Å². The van der Waals surface area contributed by atoms with Crippen molar-refractivity contribution in [1.29, 1.82) is 0 Å². The van der Waals surface area contributed by atoms with Crippen LogP contribution in [0.2, 0.25) is 5.02 Å².